The summed E-state index contributed by atoms with van der Waals surface area (Å²) >= 11 is 12.0. The topological polar surface area (TPSA) is 66.9 Å². The quantitative estimate of drug-likeness (QED) is 0.564. The summed E-state index contributed by atoms with van der Waals surface area (Å²) in [6.45, 7) is 3.72. The molecule has 1 aromatic carbocycles. The zero-order valence-corrected chi connectivity index (χ0v) is 16.6. The van der Waals surface area contributed by atoms with Gasteiger partial charge in [0.1, 0.15) is 4.33 Å². The number of esters is 1. The summed E-state index contributed by atoms with van der Waals surface area (Å²) in [5, 5.41) is 0. The van der Waals surface area contributed by atoms with E-state index in [1.807, 2.05) is 13.8 Å². The SMILES string of the molecule is CC(C)N1C(=O)c2ccccc2N2C(=O)CC[C@@]21C(=O)OC[C@@H]1CC1(Cl)Cl. The number of hydrogen-bond acceptors (Lipinski definition) is 4. The average Bonchev–Trinajstić information content (AvgIpc) is 3.07. The van der Waals surface area contributed by atoms with E-state index in [0.717, 1.165) is 0 Å². The van der Waals surface area contributed by atoms with Crippen molar-refractivity contribution in [1.29, 1.82) is 0 Å². The Morgan fingerprint density at radius 2 is 1.96 bits per heavy atom. The molecule has 0 bridgehead atoms. The molecular formula is C19H20Cl2N2O4. The minimum atomic E-state index is -1.47. The molecule has 2 heterocycles. The van der Waals surface area contributed by atoms with Crippen LogP contribution in [0, 0.1) is 5.92 Å². The lowest BCUT2D eigenvalue weighted by Gasteiger charge is -2.50. The first-order valence-corrected chi connectivity index (χ1v) is 9.76. The molecule has 1 aliphatic carbocycles. The van der Waals surface area contributed by atoms with E-state index in [1.54, 1.807) is 24.3 Å². The van der Waals surface area contributed by atoms with Crippen LogP contribution in [0.15, 0.2) is 24.3 Å². The van der Waals surface area contributed by atoms with E-state index in [4.69, 9.17) is 27.9 Å². The van der Waals surface area contributed by atoms with Crippen LogP contribution in [-0.4, -0.2) is 45.3 Å². The van der Waals surface area contributed by atoms with Crippen molar-refractivity contribution >= 4 is 46.7 Å². The van der Waals surface area contributed by atoms with Crippen molar-refractivity contribution in [2.24, 2.45) is 5.92 Å². The van der Waals surface area contributed by atoms with Crippen molar-refractivity contribution in [3.63, 3.8) is 0 Å². The highest BCUT2D eigenvalue weighted by atomic mass is 35.5. The molecule has 0 unspecified atom stereocenters. The zero-order chi connectivity index (χ0) is 19.6. The van der Waals surface area contributed by atoms with Gasteiger partial charge in [0.05, 0.1) is 17.9 Å². The van der Waals surface area contributed by atoms with Crippen molar-refractivity contribution in [2.45, 2.75) is 49.1 Å². The van der Waals surface area contributed by atoms with E-state index in [2.05, 4.69) is 0 Å². The van der Waals surface area contributed by atoms with Crippen molar-refractivity contribution in [3.8, 4) is 0 Å². The first kappa shape index (κ1) is 18.6. The molecule has 0 aromatic heterocycles. The Morgan fingerprint density at radius 3 is 2.59 bits per heavy atom. The summed E-state index contributed by atoms with van der Waals surface area (Å²) in [5.74, 6) is -1.22. The highest BCUT2D eigenvalue weighted by Gasteiger charge is 2.63. The van der Waals surface area contributed by atoms with Crippen LogP contribution in [0.1, 0.15) is 43.5 Å². The van der Waals surface area contributed by atoms with Crippen LogP contribution in [0.25, 0.3) is 0 Å². The molecule has 1 saturated heterocycles. The largest absolute Gasteiger partial charge is 0.462 e. The Kier molecular flexibility index (Phi) is 4.20. The van der Waals surface area contributed by atoms with Crippen molar-refractivity contribution in [2.75, 3.05) is 11.5 Å². The van der Waals surface area contributed by atoms with E-state index in [9.17, 15) is 14.4 Å². The molecule has 2 fully saturated rings. The first-order chi connectivity index (χ1) is 12.7. The Morgan fingerprint density at radius 1 is 1.30 bits per heavy atom. The summed E-state index contributed by atoms with van der Waals surface area (Å²) in [5.41, 5.74) is -0.603. The summed E-state index contributed by atoms with van der Waals surface area (Å²) in [6.07, 6.45) is 0.910. The molecule has 1 aromatic rings. The van der Waals surface area contributed by atoms with Crippen LogP contribution < -0.4 is 4.90 Å². The van der Waals surface area contributed by atoms with Gasteiger partial charge in [-0.25, -0.2) is 4.79 Å². The number of rotatable bonds is 4. The lowest BCUT2D eigenvalue weighted by atomic mass is 9.95. The number of halogens is 2. The van der Waals surface area contributed by atoms with Gasteiger partial charge >= 0.3 is 5.97 Å². The predicted octanol–water partition coefficient (Wildman–Crippen LogP) is 3.11. The van der Waals surface area contributed by atoms with Gasteiger partial charge in [-0.05, 0) is 32.4 Å². The fourth-order valence-electron chi connectivity index (χ4n) is 4.12. The minimum absolute atomic E-state index is 0.0669. The van der Waals surface area contributed by atoms with Gasteiger partial charge in [-0.2, -0.15) is 0 Å². The van der Waals surface area contributed by atoms with Crippen LogP contribution in [0.3, 0.4) is 0 Å². The molecule has 144 valence electrons. The Bertz CT molecular complexity index is 841. The lowest BCUT2D eigenvalue weighted by molar-refractivity contribution is -0.158. The van der Waals surface area contributed by atoms with Crippen LogP contribution in [0.4, 0.5) is 5.69 Å². The number of amides is 2. The van der Waals surface area contributed by atoms with Crippen LogP contribution >= 0.6 is 23.2 Å². The molecule has 1 saturated carbocycles. The number of nitrogens with zero attached hydrogens (tertiary/aromatic N) is 2. The molecule has 2 atom stereocenters. The lowest BCUT2D eigenvalue weighted by Crippen LogP contribution is -2.70. The third kappa shape index (κ3) is 2.64. The maximum absolute atomic E-state index is 13.3. The maximum atomic E-state index is 13.3. The number of ether oxygens (including phenoxy) is 1. The second kappa shape index (κ2) is 6.11. The Labute approximate surface area is 167 Å². The number of para-hydroxylation sites is 1. The molecule has 6 nitrogen and oxygen atoms in total. The number of fused-ring (bicyclic) bond motifs is 3. The summed E-state index contributed by atoms with van der Waals surface area (Å²) in [4.78, 5) is 42.1. The summed E-state index contributed by atoms with van der Waals surface area (Å²) in [6, 6.07) is 6.56. The van der Waals surface area contributed by atoms with Crippen LogP contribution in [0.2, 0.25) is 0 Å². The van der Waals surface area contributed by atoms with Crippen molar-refractivity contribution < 1.29 is 19.1 Å². The second-order valence-electron chi connectivity index (χ2n) is 7.59. The molecule has 0 N–H and O–H groups in total. The molecule has 3 aliphatic rings. The van der Waals surface area contributed by atoms with Gasteiger partial charge in [0.15, 0.2) is 0 Å². The third-order valence-corrected chi connectivity index (χ3v) is 6.44. The van der Waals surface area contributed by atoms with Gasteiger partial charge in [-0.1, -0.05) is 12.1 Å². The highest BCUT2D eigenvalue weighted by Crippen LogP contribution is 2.53. The van der Waals surface area contributed by atoms with Crippen LogP contribution in [-0.2, 0) is 14.3 Å². The van der Waals surface area contributed by atoms with Gasteiger partial charge in [-0.3, -0.25) is 14.5 Å². The molecule has 2 aliphatic heterocycles. The Balaban J connectivity index is 1.76. The number of carbonyl (C=O) groups is 3. The van der Waals surface area contributed by atoms with E-state index in [1.165, 1.54) is 9.80 Å². The smallest absolute Gasteiger partial charge is 0.353 e. The fourth-order valence-corrected chi connectivity index (χ4v) is 4.61. The summed E-state index contributed by atoms with van der Waals surface area (Å²) in [7, 11) is 0. The van der Waals surface area contributed by atoms with Gasteiger partial charge in [0.2, 0.25) is 11.6 Å². The number of benzene rings is 1. The van der Waals surface area contributed by atoms with Crippen molar-refractivity contribution in [3.05, 3.63) is 29.8 Å². The normalized spacial score (nSPS) is 28.3. The van der Waals surface area contributed by atoms with E-state index in [0.29, 0.717) is 17.7 Å². The third-order valence-electron chi connectivity index (χ3n) is 5.51. The first-order valence-electron chi connectivity index (χ1n) is 9.01. The molecule has 27 heavy (non-hydrogen) atoms. The number of hydrogen-bond donors (Lipinski definition) is 0. The van der Waals surface area contributed by atoms with Gasteiger partial charge in [0.25, 0.3) is 5.91 Å². The molecule has 4 rings (SSSR count). The average molecular weight is 411 g/mol. The van der Waals surface area contributed by atoms with Gasteiger partial charge < -0.3 is 9.64 Å². The Hall–Kier alpha value is -1.79. The van der Waals surface area contributed by atoms with E-state index < -0.39 is 16.0 Å². The summed E-state index contributed by atoms with van der Waals surface area (Å²) < 4.78 is 4.68. The molecule has 0 spiro atoms. The number of carbonyl (C=O) groups excluding carboxylic acids is 3. The van der Waals surface area contributed by atoms with Crippen molar-refractivity contribution in [1.82, 2.24) is 4.90 Å². The molecule has 8 heteroatoms. The van der Waals surface area contributed by atoms with Gasteiger partial charge in [-0.15, -0.1) is 23.2 Å². The number of alkyl halides is 2. The number of anilines is 1. The standard InChI is InChI=1S/C19H20Cl2N2O4/c1-11(2)22-16(25)13-5-3-4-6-14(13)23-15(24)7-8-19(22,23)17(26)27-10-12-9-18(12,20)21/h3-6,11-12H,7-10H2,1-2H3/t12-,19-/m0/s1. The zero-order valence-electron chi connectivity index (χ0n) is 15.1. The minimum Gasteiger partial charge on any atom is -0.462 e. The second-order valence-corrected chi connectivity index (χ2v) is 9.13. The molecule has 2 amide bonds. The molecular weight excluding hydrogens is 391 g/mol. The fraction of sp³-hybridized carbons (Fsp3) is 0.526. The van der Waals surface area contributed by atoms with Gasteiger partial charge in [0, 0.05) is 24.8 Å². The highest BCUT2D eigenvalue weighted by molar-refractivity contribution is 6.50. The van der Waals surface area contributed by atoms with E-state index >= 15 is 0 Å². The van der Waals surface area contributed by atoms with E-state index in [-0.39, 0.29) is 43.2 Å². The monoisotopic (exact) mass is 410 g/mol. The maximum Gasteiger partial charge on any atom is 0.353 e. The predicted molar refractivity (Wildman–Crippen MR) is 101 cm³/mol. The molecule has 0 radical (unpaired) electrons. The van der Waals surface area contributed by atoms with Crippen LogP contribution in [0.5, 0.6) is 0 Å².